The van der Waals surface area contributed by atoms with Crippen LogP contribution in [-0.4, -0.2) is 25.5 Å². The van der Waals surface area contributed by atoms with Gasteiger partial charge >= 0.3 is 6.18 Å². The molecule has 29 heavy (non-hydrogen) atoms. The Morgan fingerprint density at radius 1 is 1.17 bits per heavy atom. The van der Waals surface area contributed by atoms with Gasteiger partial charge in [0.15, 0.2) is 11.5 Å². The summed E-state index contributed by atoms with van der Waals surface area (Å²) in [4.78, 5) is 12.3. The van der Waals surface area contributed by atoms with Crippen molar-refractivity contribution in [3.8, 4) is 0 Å². The number of carbonyl (C=O) groups is 1. The number of amides is 1. The number of hydrogen-bond acceptors (Lipinski definition) is 3. The van der Waals surface area contributed by atoms with Crippen molar-refractivity contribution in [2.24, 2.45) is 0 Å². The van der Waals surface area contributed by atoms with Gasteiger partial charge in [0, 0.05) is 28.9 Å². The van der Waals surface area contributed by atoms with Gasteiger partial charge in [-0.2, -0.15) is 23.4 Å². The molecule has 10 heteroatoms. The SMILES string of the molecule is O=C(Cn1nc(C(F)(F)F)cc1C1CC1)Nc1ccn(Cc2ccc(Cl)cc2)n1. The van der Waals surface area contributed by atoms with Gasteiger partial charge < -0.3 is 5.32 Å². The fourth-order valence-electron chi connectivity index (χ4n) is 3.02. The molecule has 4 rings (SSSR count). The van der Waals surface area contributed by atoms with Crippen molar-refractivity contribution in [2.45, 2.75) is 38.0 Å². The van der Waals surface area contributed by atoms with E-state index in [1.807, 2.05) is 12.1 Å². The molecule has 1 aliphatic rings. The summed E-state index contributed by atoms with van der Waals surface area (Å²) in [5, 5.41) is 11.1. The molecule has 0 bridgehead atoms. The van der Waals surface area contributed by atoms with Crippen LogP contribution in [0.25, 0.3) is 0 Å². The number of alkyl halides is 3. The van der Waals surface area contributed by atoms with Gasteiger partial charge in [0.05, 0.1) is 6.54 Å². The first-order valence-electron chi connectivity index (χ1n) is 9.00. The van der Waals surface area contributed by atoms with E-state index in [9.17, 15) is 18.0 Å². The molecule has 1 saturated carbocycles. The Hall–Kier alpha value is -2.81. The quantitative estimate of drug-likeness (QED) is 0.642. The molecule has 1 aliphatic carbocycles. The lowest BCUT2D eigenvalue weighted by Crippen LogP contribution is -2.21. The largest absolute Gasteiger partial charge is 0.435 e. The highest BCUT2D eigenvalue weighted by atomic mass is 35.5. The molecular weight excluding hydrogens is 407 g/mol. The van der Waals surface area contributed by atoms with Crippen LogP contribution >= 0.6 is 11.6 Å². The van der Waals surface area contributed by atoms with Gasteiger partial charge in [0.2, 0.25) is 5.91 Å². The summed E-state index contributed by atoms with van der Waals surface area (Å²) < 4.78 is 41.7. The van der Waals surface area contributed by atoms with Crippen LogP contribution in [0.4, 0.5) is 19.0 Å². The van der Waals surface area contributed by atoms with Gasteiger partial charge in [-0.3, -0.25) is 14.2 Å². The number of anilines is 1. The van der Waals surface area contributed by atoms with E-state index < -0.39 is 17.8 Å². The Bertz CT molecular complexity index is 1020. The number of nitrogens with zero attached hydrogens (tertiary/aromatic N) is 4. The monoisotopic (exact) mass is 423 g/mol. The molecule has 1 N–H and O–H groups in total. The number of aromatic nitrogens is 4. The summed E-state index contributed by atoms with van der Waals surface area (Å²) in [6.45, 7) is 0.193. The Kier molecular flexibility index (Phi) is 5.08. The zero-order chi connectivity index (χ0) is 20.6. The topological polar surface area (TPSA) is 64.7 Å². The molecule has 0 unspecified atom stereocenters. The van der Waals surface area contributed by atoms with Crippen molar-refractivity contribution in [3.05, 3.63) is 64.6 Å². The first-order valence-corrected chi connectivity index (χ1v) is 9.38. The molecular formula is C19H17ClF3N5O. The standard InChI is InChI=1S/C19H17ClF3N5O/c20-14-5-1-12(2-6-14)10-27-8-7-17(26-27)24-18(29)11-28-15(13-3-4-13)9-16(25-28)19(21,22)23/h1-2,5-9,13H,3-4,10-11H2,(H,24,26,29). The van der Waals surface area contributed by atoms with Crippen LogP contribution in [0.2, 0.25) is 5.02 Å². The number of hydrogen-bond donors (Lipinski definition) is 1. The molecule has 1 aromatic carbocycles. The normalized spacial score (nSPS) is 14.2. The van der Waals surface area contributed by atoms with Crippen molar-refractivity contribution in [3.63, 3.8) is 0 Å². The van der Waals surface area contributed by atoms with Gasteiger partial charge in [-0.05, 0) is 36.6 Å². The van der Waals surface area contributed by atoms with Crippen molar-refractivity contribution in [2.75, 3.05) is 5.32 Å². The second kappa shape index (κ2) is 7.55. The molecule has 6 nitrogen and oxygen atoms in total. The second-order valence-electron chi connectivity index (χ2n) is 6.96. The van der Waals surface area contributed by atoms with E-state index in [-0.39, 0.29) is 12.5 Å². The fraction of sp³-hybridized carbons (Fsp3) is 0.316. The summed E-state index contributed by atoms with van der Waals surface area (Å²) in [7, 11) is 0. The zero-order valence-corrected chi connectivity index (χ0v) is 15.9. The summed E-state index contributed by atoms with van der Waals surface area (Å²) in [5.74, 6) is -0.134. The summed E-state index contributed by atoms with van der Waals surface area (Å²) in [6.07, 6.45) is -1.22. The average Bonchev–Trinajstić information content (AvgIpc) is 3.26. The van der Waals surface area contributed by atoms with Crippen LogP contribution in [0, 0.1) is 0 Å². The molecule has 152 valence electrons. The third-order valence-electron chi connectivity index (χ3n) is 4.56. The minimum Gasteiger partial charge on any atom is -0.308 e. The number of halogens is 4. The fourth-order valence-corrected chi connectivity index (χ4v) is 3.14. The van der Waals surface area contributed by atoms with Gasteiger partial charge in [0.1, 0.15) is 6.54 Å². The summed E-state index contributed by atoms with van der Waals surface area (Å²) in [5.41, 5.74) is 0.459. The van der Waals surface area contributed by atoms with E-state index in [2.05, 4.69) is 15.5 Å². The van der Waals surface area contributed by atoms with E-state index in [1.54, 1.807) is 29.1 Å². The van der Waals surface area contributed by atoms with Gasteiger partial charge in [-0.1, -0.05) is 23.7 Å². The average molecular weight is 424 g/mol. The number of benzene rings is 1. The molecule has 0 spiro atoms. The minimum absolute atomic E-state index is 0.0324. The van der Waals surface area contributed by atoms with Crippen LogP contribution in [0.5, 0.6) is 0 Å². The number of nitrogens with one attached hydrogen (secondary N) is 1. The molecule has 2 heterocycles. The minimum atomic E-state index is -4.54. The third-order valence-corrected chi connectivity index (χ3v) is 4.81. The molecule has 1 amide bonds. The first-order chi connectivity index (χ1) is 13.8. The molecule has 3 aromatic rings. The molecule has 0 saturated heterocycles. The van der Waals surface area contributed by atoms with Crippen molar-refractivity contribution >= 4 is 23.3 Å². The highest BCUT2D eigenvalue weighted by molar-refractivity contribution is 6.30. The third kappa shape index (κ3) is 4.79. The lowest BCUT2D eigenvalue weighted by atomic mass is 10.2. The number of carbonyl (C=O) groups excluding carboxylic acids is 1. The second-order valence-corrected chi connectivity index (χ2v) is 7.39. The molecule has 0 radical (unpaired) electrons. The Morgan fingerprint density at radius 2 is 1.90 bits per heavy atom. The van der Waals surface area contributed by atoms with Gasteiger partial charge in [-0.25, -0.2) is 0 Å². The highest BCUT2D eigenvalue weighted by Gasteiger charge is 2.38. The van der Waals surface area contributed by atoms with Crippen molar-refractivity contribution in [1.82, 2.24) is 19.6 Å². The van der Waals surface area contributed by atoms with Crippen molar-refractivity contribution in [1.29, 1.82) is 0 Å². The molecule has 2 aromatic heterocycles. The first kappa shape index (κ1) is 19.5. The molecule has 0 aliphatic heterocycles. The summed E-state index contributed by atoms with van der Waals surface area (Å²) >= 11 is 5.86. The predicted octanol–water partition coefficient (Wildman–Crippen LogP) is 4.32. The summed E-state index contributed by atoms with van der Waals surface area (Å²) in [6, 6.07) is 9.96. The molecule has 1 fully saturated rings. The maximum absolute atomic E-state index is 13.0. The van der Waals surface area contributed by atoms with Crippen LogP contribution in [0.3, 0.4) is 0 Å². The Balaban J connectivity index is 1.41. The Morgan fingerprint density at radius 3 is 2.55 bits per heavy atom. The van der Waals surface area contributed by atoms with Crippen LogP contribution in [-0.2, 0) is 24.1 Å². The van der Waals surface area contributed by atoms with Crippen LogP contribution in [0.1, 0.15) is 35.7 Å². The molecule has 0 atom stereocenters. The zero-order valence-electron chi connectivity index (χ0n) is 15.2. The van der Waals surface area contributed by atoms with E-state index in [0.717, 1.165) is 29.2 Å². The number of rotatable bonds is 6. The highest BCUT2D eigenvalue weighted by Crippen LogP contribution is 2.42. The van der Waals surface area contributed by atoms with Gasteiger partial charge in [0.25, 0.3) is 0 Å². The van der Waals surface area contributed by atoms with Crippen LogP contribution < -0.4 is 5.32 Å². The van der Waals surface area contributed by atoms with Gasteiger partial charge in [-0.15, -0.1) is 0 Å². The predicted molar refractivity (Wildman–Crippen MR) is 101 cm³/mol. The van der Waals surface area contributed by atoms with E-state index in [0.29, 0.717) is 23.1 Å². The van der Waals surface area contributed by atoms with E-state index in [1.165, 1.54) is 0 Å². The lowest BCUT2D eigenvalue weighted by molar-refractivity contribution is -0.141. The van der Waals surface area contributed by atoms with Crippen molar-refractivity contribution < 1.29 is 18.0 Å². The Labute approximate surface area is 169 Å². The maximum Gasteiger partial charge on any atom is 0.435 e. The van der Waals surface area contributed by atoms with E-state index in [4.69, 9.17) is 11.6 Å². The van der Waals surface area contributed by atoms with E-state index >= 15 is 0 Å². The maximum atomic E-state index is 13.0. The smallest absolute Gasteiger partial charge is 0.308 e. The lowest BCUT2D eigenvalue weighted by Gasteiger charge is -2.07. The van der Waals surface area contributed by atoms with Crippen LogP contribution in [0.15, 0.2) is 42.6 Å².